The molecule has 1 aromatic heterocycles. The Labute approximate surface area is 128 Å². The second-order valence-electron chi connectivity index (χ2n) is 5.46. The summed E-state index contributed by atoms with van der Waals surface area (Å²) in [5, 5.41) is 10.2. The molecule has 1 aliphatic rings. The Hall–Kier alpha value is -1.72. The van der Waals surface area contributed by atoms with Gasteiger partial charge in [-0.15, -0.1) is 11.3 Å². The molecule has 1 unspecified atom stereocenters. The van der Waals surface area contributed by atoms with Gasteiger partial charge in [-0.1, -0.05) is 29.8 Å². The Balaban J connectivity index is 1.73. The molecule has 1 atom stereocenters. The summed E-state index contributed by atoms with van der Waals surface area (Å²) in [4.78, 5) is 18.8. The van der Waals surface area contributed by atoms with Crippen molar-refractivity contribution >= 4 is 17.3 Å². The molecule has 4 nitrogen and oxygen atoms in total. The van der Waals surface area contributed by atoms with Crippen molar-refractivity contribution < 1.29 is 9.90 Å². The van der Waals surface area contributed by atoms with E-state index < -0.39 is 5.97 Å². The van der Waals surface area contributed by atoms with Gasteiger partial charge in [-0.05, 0) is 26.3 Å². The normalized spacial score (nSPS) is 19.0. The number of aliphatic carboxylic acids is 1. The first-order chi connectivity index (χ1) is 10.1. The van der Waals surface area contributed by atoms with Crippen molar-refractivity contribution in [3.63, 3.8) is 0 Å². The van der Waals surface area contributed by atoms with Crippen molar-refractivity contribution in [3.05, 3.63) is 40.9 Å². The third-order valence-electron chi connectivity index (χ3n) is 3.86. The summed E-state index contributed by atoms with van der Waals surface area (Å²) in [7, 11) is 0. The molecule has 0 amide bonds. The van der Waals surface area contributed by atoms with Gasteiger partial charge >= 0.3 is 5.97 Å². The minimum Gasteiger partial charge on any atom is -0.480 e. The van der Waals surface area contributed by atoms with Crippen LogP contribution >= 0.6 is 11.3 Å². The second-order valence-corrected chi connectivity index (χ2v) is 6.58. The Bertz CT molecular complexity index is 636. The number of aryl methyl sites for hydroxylation is 1. The molecule has 2 aromatic rings. The quantitative estimate of drug-likeness (QED) is 0.942. The number of carboxylic acids is 1. The molecule has 1 N–H and O–H groups in total. The van der Waals surface area contributed by atoms with E-state index >= 15 is 0 Å². The number of benzene rings is 1. The van der Waals surface area contributed by atoms with Gasteiger partial charge in [0.15, 0.2) is 0 Å². The van der Waals surface area contributed by atoms with Crippen molar-refractivity contribution in [2.75, 3.05) is 6.54 Å². The molecule has 21 heavy (non-hydrogen) atoms. The van der Waals surface area contributed by atoms with Crippen LogP contribution in [-0.4, -0.2) is 33.5 Å². The summed E-state index contributed by atoms with van der Waals surface area (Å²) in [5.74, 6) is -0.712. The van der Waals surface area contributed by atoms with E-state index in [9.17, 15) is 9.90 Å². The van der Waals surface area contributed by atoms with Gasteiger partial charge in [0, 0.05) is 23.2 Å². The molecular formula is C16H18N2O2S. The van der Waals surface area contributed by atoms with Gasteiger partial charge in [0.25, 0.3) is 0 Å². The second kappa shape index (κ2) is 5.95. The van der Waals surface area contributed by atoms with Gasteiger partial charge in [0.05, 0.1) is 0 Å². The molecule has 0 radical (unpaired) electrons. The Kier molecular flexibility index (Phi) is 4.03. The third kappa shape index (κ3) is 3.14. The van der Waals surface area contributed by atoms with E-state index in [1.165, 1.54) is 5.56 Å². The van der Waals surface area contributed by atoms with Crippen LogP contribution in [0.1, 0.15) is 23.3 Å². The number of rotatable bonds is 4. The fourth-order valence-electron chi connectivity index (χ4n) is 2.71. The van der Waals surface area contributed by atoms with E-state index in [0.717, 1.165) is 34.8 Å². The predicted molar refractivity (Wildman–Crippen MR) is 83.4 cm³/mol. The monoisotopic (exact) mass is 302 g/mol. The minimum absolute atomic E-state index is 0.338. The van der Waals surface area contributed by atoms with E-state index in [0.29, 0.717) is 6.54 Å². The van der Waals surface area contributed by atoms with Crippen molar-refractivity contribution in [2.24, 2.45) is 0 Å². The molecule has 0 aliphatic carbocycles. The summed E-state index contributed by atoms with van der Waals surface area (Å²) in [6.45, 7) is 3.60. The highest BCUT2D eigenvalue weighted by atomic mass is 32.1. The molecule has 1 fully saturated rings. The van der Waals surface area contributed by atoms with Crippen LogP contribution < -0.4 is 0 Å². The number of aromatic nitrogens is 1. The van der Waals surface area contributed by atoms with Crippen LogP contribution in [0.25, 0.3) is 10.6 Å². The predicted octanol–water partition coefficient (Wildman–Crippen LogP) is 3.17. The molecule has 1 saturated heterocycles. The fraction of sp³-hybridized carbons (Fsp3) is 0.375. The summed E-state index contributed by atoms with van der Waals surface area (Å²) < 4.78 is 0. The van der Waals surface area contributed by atoms with Crippen LogP contribution in [0.5, 0.6) is 0 Å². The Morgan fingerprint density at radius 2 is 2.19 bits per heavy atom. The van der Waals surface area contributed by atoms with Gasteiger partial charge in [-0.3, -0.25) is 9.69 Å². The van der Waals surface area contributed by atoms with Crippen LogP contribution in [-0.2, 0) is 11.3 Å². The van der Waals surface area contributed by atoms with E-state index in [4.69, 9.17) is 0 Å². The maximum Gasteiger partial charge on any atom is 0.320 e. The van der Waals surface area contributed by atoms with Gasteiger partial charge in [-0.25, -0.2) is 4.98 Å². The van der Waals surface area contributed by atoms with Gasteiger partial charge in [0.2, 0.25) is 0 Å². The average Bonchev–Trinajstić information content (AvgIpc) is 3.09. The number of thiazole rings is 1. The van der Waals surface area contributed by atoms with E-state index in [-0.39, 0.29) is 6.04 Å². The van der Waals surface area contributed by atoms with Gasteiger partial charge in [-0.2, -0.15) is 0 Å². The Morgan fingerprint density at radius 3 is 2.90 bits per heavy atom. The molecule has 110 valence electrons. The maximum atomic E-state index is 11.2. The average molecular weight is 302 g/mol. The minimum atomic E-state index is -0.712. The van der Waals surface area contributed by atoms with Crippen molar-refractivity contribution in [1.82, 2.24) is 9.88 Å². The zero-order valence-corrected chi connectivity index (χ0v) is 12.8. The first-order valence-electron chi connectivity index (χ1n) is 7.12. The molecular weight excluding hydrogens is 284 g/mol. The summed E-state index contributed by atoms with van der Waals surface area (Å²) >= 11 is 1.65. The fourth-order valence-corrected chi connectivity index (χ4v) is 3.65. The highest BCUT2D eigenvalue weighted by Crippen LogP contribution is 2.28. The molecule has 0 saturated carbocycles. The lowest BCUT2D eigenvalue weighted by molar-refractivity contribution is -0.142. The van der Waals surface area contributed by atoms with Gasteiger partial charge in [0.1, 0.15) is 11.0 Å². The highest BCUT2D eigenvalue weighted by Gasteiger charge is 2.30. The number of nitrogens with zero attached hydrogens (tertiary/aromatic N) is 2. The molecule has 2 heterocycles. The van der Waals surface area contributed by atoms with Crippen LogP contribution in [0.4, 0.5) is 0 Å². The number of carboxylic acid groups (broad SMARTS) is 1. The Morgan fingerprint density at radius 1 is 1.43 bits per heavy atom. The lowest BCUT2D eigenvalue weighted by atomic mass is 10.2. The topological polar surface area (TPSA) is 53.4 Å². The lowest BCUT2D eigenvalue weighted by Gasteiger charge is -2.19. The van der Waals surface area contributed by atoms with Crippen LogP contribution in [0.3, 0.4) is 0 Å². The van der Waals surface area contributed by atoms with Crippen molar-refractivity contribution in [1.29, 1.82) is 0 Å². The SMILES string of the molecule is Cc1ccc(-c2ncc(CN3CCCC3C(=O)O)s2)cc1. The first-order valence-corrected chi connectivity index (χ1v) is 7.94. The standard InChI is InChI=1S/C16H18N2O2S/c1-11-4-6-12(7-5-11)15-17-9-13(21-15)10-18-8-2-3-14(18)16(19)20/h4-7,9,14H,2-3,8,10H2,1H3,(H,19,20). The summed E-state index contributed by atoms with van der Waals surface area (Å²) in [5.41, 5.74) is 2.35. The maximum absolute atomic E-state index is 11.2. The zero-order chi connectivity index (χ0) is 14.8. The molecule has 1 aromatic carbocycles. The smallest absolute Gasteiger partial charge is 0.320 e. The van der Waals surface area contributed by atoms with Crippen LogP contribution in [0.15, 0.2) is 30.5 Å². The first kappa shape index (κ1) is 14.2. The molecule has 0 spiro atoms. The largest absolute Gasteiger partial charge is 0.480 e. The van der Waals surface area contributed by atoms with E-state index in [1.807, 2.05) is 11.1 Å². The summed E-state index contributed by atoms with van der Waals surface area (Å²) in [6, 6.07) is 7.98. The molecule has 0 bridgehead atoms. The number of carbonyl (C=O) groups is 1. The van der Waals surface area contributed by atoms with E-state index in [2.05, 4.69) is 36.2 Å². The molecule has 1 aliphatic heterocycles. The van der Waals surface area contributed by atoms with Crippen LogP contribution in [0, 0.1) is 6.92 Å². The zero-order valence-electron chi connectivity index (χ0n) is 12.0. The number of likely N-dealkylation sites (tertiary alicyclic amines) is 1. The number of hydrogen-bond donors (Lipinski definition) is 1. The lowest BCUT2D eigenvalue weighted by Crippen LogP contribution is -2.35. The van der Waals surface area contributed by atoms with Crippen LogP contribution in [0.2, 0.25) is 0 Å². The molecule has 5 heteroatoms. The highest BCUT2D eigenvalue weighted by molar-refractivity contribution is 7.15. The third-order valence-corrected chi connectivity index (χ3v) is 4.89. The van der Waals surface area contributed by atoms with E-state index in [1.54, 1.807) is 11.3 Å². The summed E-state index contributed by atoms with van der Waals surface area (Å²) in [6.07, 6.45) is 3.58. The molecule has 3 rings (SSSR count). The van der Waals surface area contributed by atoms with Crippen molar-refractivity contribution in [3.8, 4) is 10.6 Å². The van der Waals surface area contributed by atoms with Crippen molar-refractivity contribution in [2.45, 2.75) is 32.4 Å². The van der Waals surface area contributed by atoms with Gasteiger partial charge < -0.3 is 5.11 Å². The number of hydrogen-bond acceptors (Lipinski definition) is 4.